The zero-order chi connectivity index (χ0) is 8.27. The fourth-order valence-corrected chi connectivity index (χ4v) is 1.21. The number of likely N-dealkylation sites (tertiary alicyclic amines) is 1. The van der Waals surface area contributed by atoms with Gasteiger partial charge in [-0.05, 0) is 6.42 Å². The highest BCUT2D eigenvalue weighted by Gasteiger charge is 2.16. The SMILES string of the molecule is N=C1CCCN1CCC(=O)O. The van der Waals surface area contributed by atoms with E-state index in [0.29, 0.717) is 12.4 Å². The molecule has 0 spiro atoms. The smallest absolute Gasteiger partial charge is 0.305 e. The maximum absolute atomic E-state index is 10.2. The molecule has 4 heteroatoms. The van der Waals surface area contributed by atoms with E-state index in [1.54, 1.807) is 0 Å². The van der Waals surface area contributed by atoms with Crippen molar-refractivity contribution in [3.63, 3.8) is 0 Å². The van der Waals surface area contributed by atoms with Gasteiger partial charge < -0.3 is 10.0 Å². The fraction of sp³-hybridized carbons (Fsp3) is 0.714. The third-order valence-electron chi connectivity index (χ3n) is 1.82. The predicted molar refractivity (Wildman–Crippen MR) is 40.8 cm³/mol. The van der Waals surface area contributed by atoms with E-state index >= 15 is 0 Å². The Morgan fingerprint density at radius 2 is 2.45 bits per heavy atom. The van der Waals surface area contributed by atoms with Crippen LogP contribution < -0.4 is 0 Å². The monoisotopic (exact) mass is 156 g/mol. The van der Waals surface area contributed by atoms with Crippen LogP contribution in [0.2, 0.25) is 0 Å². The predicted octanol–water partition coefficient (Wildman–Crippen LogP) is 0.534. The van der Waals surface area contributed by atoms with Crippen molar-refractivity contribution >= 4 is 11.8 Å². The molecule has 11 heavy (non-hydrogen) atoms. The molecule has 0 aliphatic carbocycles. The van der Waals surface area contributed by atoms with Gasteiger partial charge in [0.15, 0.2) is 0 Å². The summed E-state index contributed by atoms with van der Waals surface area (Å²) in [6.07, 6.45) is 1.94. The summed E-state index contributed by atoms with van der Waals surface area (Å²) in [5, 5.41) is 15.7. The number of hydrogen-bond donors (Lipinski definition) is 2. The van der Waals surface area contributed by atoms with Crippen LogP contribution in [-0.4, -0.2) is 34.9 Å². The van der Waals surface area contributed by atoms with Gasteiger partial charge in [0.2, 0.25) is 0 Å². The summed E-state index contributed by atoms with van der Waals surface area (Å²) in [7, 11) is 0. The van der Waals surface area contributed by atoms with Gasteiger partial charge in [0.25, 0.3) is 0 Å². The number of carbonyl (C=O) groups is 1. The van der Waals surface area contributed by atoms with Crippen LogP contribution in [0.15, 0.2) is 0 Å². The molecule has 0 aromatic carbocycles. The highest BCUT2D eigenvalue weighted by atomic mass is 16.4. The number of nitrogens with zero attached hydrogens (tertiary/aromatic N) is 1. The van der Waals surface area contributed by atoms with Gasteiger partial charge in [-0.3, -0.25) is 10.2 Å². The molecule has 1 fully saturated rings. The first-order valence-electron chi connectivity index (χ1n) is 3.74. The second-order valence-corrected chi connectivity index (χ2v) is 2.68. The van der Waals surface area contributed by atoms with E-state index in [9.17, 15) is 4.79 Å². The first-order chi connectivity index (χ1) is 5.20. The minimum Gasteiger partial charge on any atom is -0.481 e. The van der Waals surface area contributed by atoms with E-state index in [1.165, 1.54) is 0 Å². The van der Waals surface area contributed by atoms with Gasteiger partial charge in [0, 0.05) is 19.5 Å². The van der Waals surface area contributed by atoms with Crippen molar-refractivity contribution in [3.05, 3.63) is 0 Å². The van der Waals surface area contributed by atoms with Crippen LogP contribution in [-0.2, 0) is 4.79 Å². The Kier molecular flexibility index (Phi) is 2.46. The Hall–Kier alpha value is -1.06. The molecule has 0 bridgehead atoms. The van der Waals surface area contributed by atoms with E-state index in [4.69, 9.17) is 10.5 Å². The molecule has 1 rings (SSSR count). The van der Waals surface area contributed by atoms with Gasteiger partial charge in [-0.2, -0.15) is 0 Å². The molecule has 0 aromatic heterocycles. The van der Waals surface area contributed by atoms with Gasteiger partial charge in [-0.15, -0.1) is 0 Å². The van der Waals surface area contributed by atoms with Crippen LogP contribution >= 0.6 is 0 Å². The molecule has 0 aromatic rings. The molecule has 1 saturated heterocycles. The van der Waals surface area contributed by atoms with Crippen LogP contribution in [0.3, 0.4) is 0 Å². The van der Waals surface area contributed by atoms with Crippen LogP contribution in [0.1, 0.15) is 19.3 Å². The van der Waals surface area contributed by atoms with Crippen molar-refractivity contribution in [2.24, 2.45) is 0 Å². The Bertz CT molecular complexity index is 179. The lowest BCUT2D eigenvalue weighted by atomic mass is 10.4. The lowest BCUT2D eigenvalue weighted by molar-refractivity contribution is -0.137. The molecule has 0 amide bonds. The fourth-order valence-electron chi connectivity index (χ4n) is 1.21. The molecule has 0 unspecified atom stereocenters. The topological polar surface area (TPSA) is 64.4 Å². The van der Waals surface area contributed by atoms with E-state index in [-0.39, 0.29) is 6.42 Å². The van der Waals surface area contributed by atoms with E-state index in [1.807, 2.05) is 4.90 Å². The normalized spacial score (nSPS) is 17.5. The molecular weight excluding hydrogens is 144 g/mol. The molecule has 0 saturated carbocycles. The zero-order valence-corrected chi connectivity index (χ0v) is 6.34. The standard InChI is InChI=1S/C7H12N2O2/c8-6-2-1-4-9(6)5-3-7(10)11/h8H,1-5H2,(H,10,11). The zero-order valence-electron chi connectivity index (χ0n) is 6.34. The Balaban J connectivity index is 2.26. The van der Waals surface area contributed by atoms with Crippen LogP contribution in [0.4, 0.5) is 0 Å². The van der Waals surface area contributed by atoms with E-state index in [0.717, 1.165) is 19.4 Å². The van der Waals surface area contributed by atoms with Gasteiger partial charge in [-0.1, -0.05) is 0 Å². The minimum absolute atomic E-state index is 0.141. The van der Waals surface area contributed by atoms with Gasteiger partial charge in [0.05, 0.1) is 12.3 Å². The lowest BCUT2D eigenvalue weighted by Crippen LogP contribution is -2.26. The first-order valence-corrected chi connectivity index (χ1v) is 3.74. The van der Waals surface area contributed by atoms with Crippen molar-refractivity contribution in [3.8, 4) is 0 Å². The van der Waals surface area contributed by atoms with Gasteiger partial charge in [0.1, 0.15) is 0 Å². The lowest BCUT2D eigenvalue weighted by Gasteiger charge is -2.15. The third kappa shape index (κ3) is 2.22. The van der Waals surface area contributed by atoms with Crippen molar-refractivity contribution < 1.29 is 9.90 Å². The largest absolute Gasteiger partial charge is 0.481 e. The summed E-state index contributed by atoms with van der Waals surface area (Å²) in [5.74, 6) is -0.198. The number of nitrogens with one attached hydrogen (secondary N) is 1. The number of amidine groups is 1. The maximum atomic E-state index is 10.2. The molecule has 1 heterocycles. The maximum Gasteiger partial charge on any atom is 0.305 e. The number of rotatable bonds is 3. The number of carboxylic acid groups (broad SMARTS) is 1. The van der Waals surface area contributed by atoms with Crippen LogP contribution in [0.25, 0.3) is 0 Å². The van der Waals surface area contributed by atoms with Crippen molar-refractivity contribution in [2.45, 2.75) is 19.3 Å². The molecule has 2 N–H and O–H groups in total. The van der Waals surface area contributed by atoms with Crippen LogP contribution in [0, 0.1) is 5.41 Å². The molecule has 1 aliphatic rings. The van der Waals surface area contributed by atoms with E-state index in [2.05, 4.69) is 0 Å². The third-order valence-corrected chi connectivity index (χ3v) is 1.82. The van der Waals surface area contributed by atoms with Crippen molar-refractivity contribution in [1.29, 1.82) is 5.41 Å². The molecular formula is C7H12N2O2. The number of carboxylic acids is 1. The van der Waals surface area contributed by atoms with Gasteiger partial charge in [-0.25, -0.2) is 0 Å². The number of hydrogen-bond acceptors (Lipinski definition) is 2. The van der Waals surface area contributed by atoms with Crippen molar-refractivity contribution in [1.82, 2.24) is 4.90 Å². The molecule has 4 nitrogen and oxygen atoms in total. The molecule has 1 aliphatic heterocycles. The molecule has 62 valence electrons. The summed E-state index contributed by atoms with van der Waals surface area (Å²) < 4.78 is 0. The van der Waals surface area contributed by atoms with Crippen LogP contribution in [0.5, 0.6) is 0 Å². The molecule has 0 atom stereocenters. The Morgan fingerprint density at radius 3 is 2.91 bits per heavy atom. The summed E-state index contributed by atoms with van der Waals surface area (Å²) >= 11 is 0. The average Bonchev–Trinajstić information content (AvgIpc) is 2.31. The Labute approximate surface area is 65.3 Å². The van der Waals surface area contributed by atoms with Gasteiger partial charge >= 0.3 is 5.97 Å². The summed E-state index contributed by atoms with van der Waals surface area (Å²) in [4.78, 5) is 12.0. The Morgan fingerprint density at radius 1 is 1.73 bits per heavy atom. The number of aliphatic carboxylic acids is 1. The first kappa shape index (κ1) is 8.04. The summed E-state index contributed by atoms with van der Waals surface area (Å²) in [6.45, 7) is 1.35. The van der Waals surface area contributed by atoms with E-state index < -0.39 is 5.97 Å². The second-order valence-electron chi connectivity index (χ2n) is 2.68. The summed E-state index contributed by atoms with van der Waals surface area (Å²) in [5.41, 5.74) is 0. The molecule has 0 radical (unpaired) electrons. The van der Waals surface area contributed by atoms with Crippen molar-refractivity contribution in [2.75, 3.05) is 13.1 Å². The quantitative estimate of drug-likeness (QED) is 0.626. The second kappa shape index (κ2) is 3.37. The average molecular weight is 156 g/mol. The summed E-state index contributed by atoms with van der Waals surface area (Å²) in [6, 6.07) is 0. The highest BCUT2D eigenvalue weighted by molar-refractivity contribution is 5.81. The minimum atomic E-state index is -0.787. The highest BCUT2D eigenvalue weighted by Crippen LogP contribution is 2.09.